The zero-order valence-corrected chi connectivity index (χ0v) is 23.5. The second kappa shape index (κ2) is 11.7. The van der Waals surface area contributed by atoms with Crippen LogP contribution in [0.3, 0.4) is 0 Å². The van der Waals surface area contributed by atoms with E-state index in [2.05, 4.69) is 28.0 Å². The fourth-order valence-corrected chi connectivity index (χ4v) is 4.45. The summed E-state index contributed by atoms with van der Waals surface area (Å²) in [6.45, 7) is 9.17. The molecule has 0 atom stereocenters. The molecule has 4 rings (SSSR count). The average molecular weight is 546 g/mol. The Balaban J connectivity index is 1.64. The Kier molecular flexibility index (Phi) is 8.39. The largest absolute Gasteiger partial charge is 0.465 e. The number of amides is 2. The van der Waals surface area contributed by atoms with E-state index in [0.717, 1.165) is 25.1 Å². The van der Waals surface area contributed by atoms with Crippen LogP contribution in [0.15, 0.2) is 54.6 Å². The second-order valence-corrected chi connectivity index (χ2v) is 10.6. The molecule has 0 radical (unpaired) electrons. The standard InChI is InChI=1S/C30H35N5O5/c1-6-24-27(40-23-9-7-8-21(18-23)35(29(37)38)30(2,3)4)33-28(25(32-24)26(31)36)39-22-12-10-19(11-13-22)20-14-16-34(5)17-15-20/h7-14,18H,6,15-17H2,1-5H3,(H2,31,36)(H,37,38). The van der Waals surface area contributed by atoms with Gasteiger partial charge < -0.3 is 25.2 Å². The van der Waals surface area contributed by atoms with E-state index in [4.69, 9.17) is 15.2 Å². The molecular formula is C30H35N5O5. The van der Waals surface area contributed by atoms with Gasteiger partial charge >= 0.3 is 6.09 Å². The van der Waals surface area contributed by atoms with E-state index in [9.17, 15) is 14.7 Å². The number of hydrogen-bond donors (Lipinski definition) is 2. The van der Waals surface area contributed by atoms with Crippen LogP contribution in [0.25, 0.3) is 5.57 Å². The van der Waals surface area contributed by atoms with Crippen LogP contribution >= 0.6 is 0 Å². The highest BCUT2D eigenvalue weighted by molar-refractivity contribution is 5.93. The number of nitrogens with zero attached hydrogens (tertiary/aromatic N) is 4. The average Bonchev–Trinajstić information content (AvgIpc) is 2.89. The van der Waals surface area contributed by atoms with Crippen molar-refractivity contribution in [3.63, 3.8) is 0 Å². The maximum Gasteiger partial charge on any atom is 0.412 e. The number of carbonyl (C=O) groups excluding carboxylic acids is 1. The number of ether oxygens (including phenoxy) is 2. The van der Waals surface area contributed by atoms with Crippen LogP contribution in [0, 0.1) is 0 Å². The minimum atomic E-state index is -1.08. The third-order valence-corrected chi connectivity index (χ3v) is 6.47. The molecule has 10 heteroatoms. The summed E-state index contributed by atoms with van der Waals surface area (Å²) in [6, 6.07) is 14.2. The molecule has 2 heterocycles. The topological polar surface area (TPSA) is 131 Å². The van der Waals surface area contributed by atoms with Gasteiger partial charge in [-0.25, -0.2) is 9.78 Å². The molecule has 0 saturated heterocycles. The highest BCUT2D eigenvalue weighted by atomic mass is 16.5. The molecule has 40 heavy (non-hydrogen) atoms. The van der Waals surface area contributed by atoms with Gasteiger partial charge in [-0.2, -0.15) is 4.98 Å². The Morgan fingerprint density at radius 2 is 1.75 bits per heavy atom. The van der Waals surface area contributed by atoms with E-state index in [0.29, 0.717) is 29.3 Å². The molecule has 3 aromatic rings. The van der Waals surface area contributed by atoms with Gasteiger partial charge in [0.05, 0.1) is 5.69 Å². The molecule has 0 fully saturated rings. The summed E-state index contributed by atoms with van der Waals surface area (Å²) in [5, 5.41) is 9.78. The molecule has 0 aliphatic carbocycles. The number of benzene rings is 2. The third kappa shape index (κ3) is 6.58. The third-order valence-electron chi connectivity index (χ3n) is 6.47. The van der Waals surface area contributed by atoms with E-state index in [1.165, 1.54) is 10.5 Å². The number of carboxylic acid groups (broad SMARTS) is 1. The van der Waals surface area contributed by atoms with E-state index >= 15 is 0 Å². The van der Waals surface area contributed by atoms with Gasteiger partial charge in [0, 0.05) is 24.7 Å². The molecule has 0 bridgehead atoms. The van der Waals surface area contributed by atoms with Gasteiger partial charge in [0.1, 0.15) is 17.2 Å². The van der Waals surface area contributed by atoms with Gasteiger partial charge in [0.15, 0.2) is 5.69 Å². The first-order valence-corrected chi connectivity index (χ1v) is 13.1. The SMILES string of the molecule is CCc1nc(C(N)=O)c(Oc2ccc(C3=CCN(C)CC3)cc2)nc1Oc1cccc(N(C(=O)O)C(C)(C)C)c1. The summed E-state index contributed by atoms with van der Waals surface area (Å²) in [6.07, 6.45) is 2.51. The van der Waals surface area contributed by atoms with E-state index < -0.39 is 17.5 Å². The first-order chi connectivity index (χ1) is 19.0. The van der Waals surface area contributed by atoms with E-state index in [1.54, 1.807) is 45.0 Å². The van der Waals surface area contributed by atoms with Gasteiger partial charge in [-0.15, -0.1) is 0 Å². The van der Waals surface area contributed by atoms with Gasteiger partial charge in [0.2, 0.25) is 5.88 Å². The molecule has 10 nitrogen and oxygen atoms in total. The van der Waals surface area contributed by atoms with Crippen molar-refractivity contribution < 1.29 is 24.2 Å². The zero-order valence-electron chi connectivity index (χ0n) is 23.5. The summed E-state index contributed by atoms with van der Waals surface area (Å²) in [5.74, 6) is 0.0922. The molecule has 0 spiro atoms. The normalized spacial score (nSPS) is 13.9. The lowest BCUT2D eigenvalue weighted by Crippen LogP contribution is -2.45. The van der Waals surface area contributed by atoms with Crippen molar-refractivity contribution in [3.8, 4) is 23.3 Å². The van der Waals surface area contributed by atoms with Gasteiger partial charge in [-0.05, 0) is 76.1 Å². The number of aryl methyl sites for hydroxylation is 1. The van der Waals surface area contributed by atoms with Crippen LogP contribution in [-0.4, -0.2) is 57.7 Å². The molecule has 1 aliphatic rings. The minimum Gasteiger partial charge on any atom is -0.465 e. The molecule has 210 valence electrons. The number of hydrogen-bond acceptors (Lipinski definition) is 7. The summed E-state index contributed by atoms with van der Waals surface area (Å²) >= 11 is 0. The highest BCUT2D eigenvalue weighted by Gasteiger charge is 2.28. The number of carbonyl (C=O) groups is 2. The smallest absolute Gasteiger partial charge is 0.412 e. The number of aromatic nitrogens is 2. The van der Waals surface area contributed by atoms with E-state index in [1.807, 2.05) is 31.2 Å². The Morgan fingerprint density at radius 1 is 1.05 bits per heavy atom. The lowest BCUT2D eigenvalue weighted by molar-refractivity contribution is 0.0992. The summed E-state index contributed by atoms with van der Waals surface area (Å²) < 4.78 is 12.0. The van der Waals surface area contributed by atoms with Crippen molar-refractivity contribution in [2.75, 3.05) is 25.0 Å². The van der Waals surface area contributed by atoms with Crippen LogP contribution in [0.5, 0.6) is 23.3 Å². The maximum atomic E-state index is 12.2. The van der Waals surface area contributed by atoms with Crippen molar-refractivity contribution in [3.05, 3.63) is 71.6 Å². The van der Waals surface area contributed by atoms with Crippen molar-refractivity contribution in [1.82, 2.24) is 14.9 Å². The summed E-state index contributed by atoms with van der Waals surface area (Å²) in [4.78, 5) is 36.6. The highest BCUT2D eigenvalue weighted by Crippen LogP contribution is 2.33. The molecule has 0 saturated carbocycles. The number of primary amides is 1. The van der Waals surface area contributed by atoms with Crippen molar-refractivity contribution in [2.24, 2.45) is 5.73 Å². The molecular weight excluding hydrogens is 510 g/mol. The molecule has 1 aromatic heterocycles. The first kappa shape index (κ1) is 28.6. The van der Waals surface area contributed by atoms with Crippen molar-refractivity contribution >= 4 is 23.3 Å². The van der Waals surface area contributed by atoms with Crippen LogP contribution in [0.1, 0.15) is 55.9 Å². The molecule has 1 aliphatic heterocycles. The number of likely N-dealkylation sites (N-methyl/N-ethyl adjacent to an activating group) is 1. The van der Waals surface area contributed by atoms with Gasteiger partial charge in [-0.1, -0.05) is 31.2 Å². The lowest BCUT2D eigenvalue weighted by Gasteiger charge is -2.33. The number of nitrogens with two attached hydrogens (primary N) is 1. The number of anilines is 1. The second-order valence-electron chi connectivity index (χ2n) is 10.6. The fraction of sp³-hybridized carbons (Fsp3) is 0.333. The summed E-state index contributed by atoms with van der Waals surface area (Å²) in [7, 11) is 2.09. The predicted molar refractivity (Wildman–Crippen MR) is 153 cm³/mol. The summed E-state index contributed by atoms with van der Waals surface area (Å²) in [5.41, 5.74) is 8.06. The lowest BCUT2D eigenvalue weighted by atomic mass is 10.00. The molecule has 3 N–H and O–H groups in total. The van der Waals surface area contributed by atoms with Crippen LogP contribution in [0.4, 0.5) is 10.5 Å². The maximum absolute atomic E-state index is 12.2. The fourth-order valence-electron chi connectivity index (χ4n) is 4.45. The zero-order chi connectivity index (χ0) is 29.0. The van der Waals surface area contributed by atoms with Crippen LogP contribution < -0.4 is 20.1 Å². The Bertz CT molecular complexity index is 1430. The van der Waals surface area contributed by atoms with E-state index in [-0.39, 0.29) is 17.5 Å². The van der Waals surface area contributed by atoms with Gasteiger partial charge in [-0.3, -0.25) is 9.69 Å². The predicted octanol–water partition coefficient (Wildman–Crippen LogP) is 5.72. The number of rotatable bonds is 8. The van der Waals surface area contributed by atoms with Crippen molar-refractivity contribution in [1.29, 1.82) is 0 Å². The minimum absolute atomic E-state index is 0.0797. The Hall–Kier alpha value is -4.44. The quantitative estimate of drug-likeness (QED) is 0.367. The van der Waals surface area contributed by atoms with Crippen molar-refractivity contribution in [2.45, 2.75) is 46.1 Å². The van der Waals surface area contributed by atoms with Crippen LogP contribution in [0.2, 0.25) is 0 Å². The monoisotopic (exact) mass is 545 g/mol. The molecule has 2 aromatic carbocycles. The Labute approximate surface area is 234 Å². The van der Waals surface area contributed by atoms with Gasteiger partial charge in [0.25, 0.3) is 11.8 Å². The molecule has 2 amide bonds. The first-order valence-electron chi connectivity index (χ1n) is 13.1. The molecule has 0 unspecified atom stereocenters. The van der Waals surface area contributed by atoms with Crippen LogP contribution in [-0.2, 0) is 6.42 Å². The Morgan fingerprint density at radius 3 is 2.33 bits per heavy atom.